The summed E-state index contributed by atoms with van der Waals surface area (Å²) in [4.78, 5) is 26.4. The SMILES string of the molecule is COC(=O)c1ccc(C)c(NC(=O)CN2CCCc3cc(C)ccc32)c1. The van der Waals surface area contributed by atoms with Crippen molar-refractivity contribution < 1.29 is 14.3 Å². The van der Waals surface area contributed by atoms with Crippen molar-refractivity contribution in [1.82, 2.24) is 0 Å². The van der Waals surface area contributed by atoms with Crippen LogP contribution in [0.25, 0.3) is 0 Å². The van der Waals surface area contributed by atoms with Crippen LogP contribution in [0.2, 0.25) is 0 Å². The number of esters is 1. The van der Waals surface area contributed by atoms with Crippen molar-refractivity contribution >= 4 is 23.3 Å². The molecule has 0 unspecified atom stereocenters. The van der Waals surface area contributed by atoms with Gasteiger partial charge in [0.05, 0.1) is 19.2 Å². The van der Waals surface area contributed by atoms with Gasteiger partial charge in [-0.3, -0.25) is 4.79 Å². The van der Waals surface area contributed by atoms with Gasteiger partial charge in [-0.1, -0.05) is 23.8 Å². The zero-order chi connectivity index (χ0) is 18.7. The lowest BCUT2D eigenvalue weighted by Crippen LogP contribution is -2.37. The summed E-state index contributed by atoms with van der Waals surface area (Å²) in [5.74, 6) is -0.510. The molecule has 0 saturated carbocycles. The first-order valence-corrected chi connectivity index (χ1v) is 8.81. The summed E-state index contributed by atoms with van der Waals surface area (Å²) >= 11 is 0. The number of hydrogen-bond acceptors (Lipinski definition) is 4. The van der Waals surface area contributed by atoms with Crippen LogP contribution in [0.15, 0.2) is 36.4 Å². The van der Waals surface area contributed by atoms with Crippen LogP contribution >= 0.6 is 0 Å². The fourth-order valence-corrected chi connectivity index (χ4v) is 3.33. The van der Waals surface area contributed by atoms with E-state index < -0.39 is 5.97 Å². The molecule has 5 heteroatoms. The third-order valence-electron chi connectivity index (χ3n) is 4.72. The van der Waals surface area contributed by atoms with Crippen molar-refractivity contribution in [2.24, 2.45) is 0 Å². The van der Waals surface area contributed by atoms with Gasteiger partial charge in [0.15, 0.2) is 0 Å². The summed E-state index contributed by atoms with van der Waals surface area (Å²) in [6, 6.07) is 11.5. The number of anilines is 2. The zero-order valence-corrected chi connectivity index (χ0v) is 15.5. The number of rotatable bonds is 4. The lowest BCUT2D eigenvalue weighted by molar-refractivity contribution is -0.115. The van der Waals surface area contributed by atoms with E-state index in [4.69, 9.17) is 4.74 Å². The van der Waals surface area contributed by atoms with Crippen molar-refractivity contribution in [2.75, 3.05) is 30.4 Å². The van der Waals surface area contributed by atoms with Crippen LogP contribution in [0.1, 0.15) is 33.5 Å². The highest BCUT2D eigenvalue weighted by atomic mass is 16.5. The second-order valence-corrected chi connectivity index (χ2v) is 6.73. The van der Waals surface area contributed by atoms with E-state index in [2.05, 4.69) is 35.3 Å². The van der Waals surface area contributed by atoms with Crippen LogP contribution < -0.4 is 10.2 Å². The molecular weight excluding hydrogens is 328 g/mol. The summed E-state index contributed by atoms with van der Waals surface area (Å²) < 4.78 is 4.75. The first-order valence-electron chi connectivity index (χ1n) is 8.81. The van der Waals surface area contributed by atoms with Gasteiger partial charge in [0.1, 0.15) is 0 Å². The molecule has 0 atom stereocenters. The maximum absolute atomic E-state index is 12.6. The normalized spacial score (nSPS) is 13.1. The van der Waals surface area contributed by atoms with E-state index in [0.29, 0.717) is 11.3 Å². The van der Waals surface area contributed by atoms with Gasteiger partial charge in [-0.25, -0.2) is 4.79 Å². The van der Waals surface area contributed by atoms with E-state index in [9.17, 15) is 9.59 Å². The zero-order valence-electron chi connectivity index (χ0n) is 15.5. The molecule has 1 heterocycles. The number of nitrogens with zero attached hydrogens (tertiary/aromatic N) is 1. The molecule has 26 heavy (non-hydrogen) atoms. The second-order valence-electron chi connectivity index (χ2n) is 6.73. The predicted molar refractivity (Wildman–Crippen MR) is 103 cm³/mol. The fourth-order valence-electron chi connectivity index (χ4n) is 3.33. The predicted octanol–water partition coefficient (Wildman–Crippen LogP) is 3.48. The van der Waals surface area contributed by atoms with Gasteiger partial charge in [0.25, 0.3) is 0 Å². The Morgan fingerprint density at radius 3 is 2.73 bits per heavy atom. The smallest absolute Gasteiger partial charge is 0.337 e. The number of nitrogens with one attached hydrogen (secondary N) is 1. The molecule has 1 N–H and O–H groups in total. The van der Waals surface area contributed by atoms with Crippen LogP contribution in [-0.2, 0) is 16.0 Å². The molecule has 0 radical (unpaired) electrons. The quantitative estimate of drug-likeness (QED) is 0.856. The molecule has 0 aromatic heterocycles. The molecular formula is C21H24N2O3. The minimum atomic E-state index is -0.416. The molecule has 1 aliphatic rings. The first kappa shape index (κ1) is 18.0. The van der Waals surface area contributed by atoms with Crippen molar-refractivity contribution in [1.29, 1.82) is 0 Å². The number of hydrogen-bond donors (Lipinski definition) is 1. The van der Waals surface area contributed by atoms with Gasteiger partial charge >= 0.3 is 5.97 Å². The van der Waals surface area contributed by atoms with Crippen molar-refractivity contribution in [3.63, 3.8) is 0 Å². The molecule has 5 nitrogen and oxygen atoms in total. The molecule has 3 rings (SSSR count). The van der Waals surface area contributed by atoms with Crippen molar-refractivity contribution in [3.05, 3.63) is 58.7 Å². The van der Waals surface area contributed by atoms with Crippen LogP contribution in [0, 0.1) is 13.8 Å². The van der Waals surface area contributed by atoms with Gasteiger partial charge in [-0.2, -0.15) is 0 Å². The van der Waals surface area contributed by atoms with Crippen LogP contribution in [-0.4, -0.2) is 32.1 Å². The van der Waals surface area contributed by atoms with Crippen LogP contribution in [0.5, 0.6) is 0 Å². The summed E-state index contributed by atoms with van der Waals surface area (Å²) in [7, 11) is 1.34. The van der Waals surface area contributed by atoms with Gasteiger partial charge < -0.3 is 15.0 Å². The van der Waals surface area contributed by atoms with E-state index in [1.54, 1.807) is 18.2 Å². The van der Waals surface area contributed by atoms with E-state index >= 15 is 0 Å². The monoisotopic (exact) mass is 352 g/mol. The molecule has 0 aliphatic carbocycles. The highest BCUT2D eigenvalue weighted by molar-refractivity contribution is 5.97. The van der Waals surface area contributed by atoms with Gasteiger partial charge in [-0.15, -0.1) is 0 Å². The average molecular weight is 352 g/mol. The number of amides is 1. The number of carbonyl (C=O) groups excluding carboxylic acids is 2. The Hall–Kier alpha value is -2.82. The molecule has 0 fully saturated rings. The van der Waals surface area contributed by atoms with Gasteiger partial charge in [0.2, 0.25) is 5.91 Å². The lowest BCUT2D eigenvalue weighted by Gasteiger charge is -2.31. The molecule has 136 valence electrons. The third kappa shape index (κ3) is 3.87. The van der Waals surface area contributed by atoms with E-state index in [1.807, 2.05) is 6.92 Å². The van der Waals surface area contributed by atoms with E-state index in [-0.39, 0.29) is 12.5 Å². The summed E-state index contributed by atoms with van der Waals surface area (Å²) in [6.07, 6.45) is 2.09. The second kappa shape index (κ2) is 7.60. The maximum Gasteiger partial charge on any atom is 0.337 e. The standard InChI is InChI=1S/C21H24N2O3/c1-14-6-9-19-16(11-14)5-4-10-23(19)13-20(24)22-18-12-17(21(25)26-3)8-7-15(18)2/h6-9,11-12H,4-5,10,13H2,1-3H3,(H,22,24). The Balaban J connectivity index is 1.73. The minimum absolute atomic E-state index is 0.0939. The highest BCUT2D eigenvalue weighted by Gasteiger charge is 2.19. The summed E-state index contributed by atoms with van der Waals surface area (Å²) in [6.45, 7) is 5.14. The first-order chi connectivity index (χ1) is 12.5. The molecule has 1 aliphatic heterocycles. The Bertz CT molecular complexity index is 845. The van der Waals surface area contributed by atoms with Gasteiger partial charge in [-0.05, 0) is 56.0 Å². The van der Waals surface area contributed by atoms with Crippen molar-refractivity contribution in [2.45, 2.75) is 26.7 Å². The fraction of sp³-hybridized carbons (Fsp3) is 0.333. The largest absolute Gasteiger partial charge is 0.465 e. The van der Waals surface area contributed by atoms with Crippen molar-refractivity contribution in [3.8, 4) is 0 Å². The molecule has 0 bridgehead atoms. The Morgan fingerprint density at radius 2 is 1.96 bits per heavy atom. The molecule has 2 aromatic rings. The van der Waals surface area contributed by atoms with Gasteiger partial charge in [0, 0.05) is 17.9 Å². The Labute approximate surface area is 154 Å². The number of aryl methyl sites for hydroxylation is 3. The summed E-state index contributed by atoms with van der Waals surface area (Å²) in [5, 5.41) is 2.93. The third-order valence-corrected chi connectivity index (χ3v) is 4.72. The Kier molecular flexibility index (Phi) is 5.26. The lowest BCUT2D eigenvalue weighted by atomic mass is 9.99. The number of methoxy groups -OCH3 is 1. The number of carbonyl (C=O) groups is 2. The minimum Gasteiger partial charge on any atom is -0.465 e. The van der Waals surface area contributed by atoms with Crippen LogP contribution in [0.4, 0.5) is 11.4 Å². The molecule has 1 amide bonds. The average Bonchev–Trinajstić information content (AvgIpc) is 2.62. The summed E-state index contributed by atoms with van der Waals surface area (Å²) in [5.41, 5.74) is 5.64. The van der Waals surface area contributed by atoms with E-state index in [1.165, 1.54) is 18.2 Å². The number of fused-ring (bicyclic) bond motifs is 1. The molecule has 2 aromatic carbocycles. The highest BCUT2D eigenvalue weighted by Crippen LogP contribution is 2.28. The topological polar surface area (TPSA) is 58.6 Å². The molecule has 0 saturated heterocycles. The Morgan fingerprint density at radius 1 is 1.15 bits per heavy atom. The maximum atomic E-state index is 12.6. The molecule has 0 spiro atoms. The van der Waals surface area contributed by atoms with E-state index in [0.717, 1.165) is 30.6 Å². The number of ether oxygens (including phenoxy) is 1. The van der Waals surface area contributed by atoms with Crippen LogP contribution in [0.3, 0.4) is 0 Å². The number of benzene rings is 2.